The highest BCUT2D eigenvalue weighted by molar-refractivity contribution is 7.98. The predicted molar refractivity (Wildman–Crippen MR) is 80.0 cm³/mol. The fraction of sp³-hybridized carbons (Fsp3) is 0.286. The van der Waals surface area contributed by atoms with E-state index in [1.807, 2.05) is 12.3 Å². The number of rotatable bonds is 2. The molecule has 1 aliphatic heterocycles. The highest BCUT2D eigenvalue weighted by atomic mass is 35.5. The summed E-state index contributed by atoms with van der Waals surface area (Å²) in [5, 5.41) is 1.23. The van der Waals surface area contributed by atoms with E-state index in [2.05, 4.69) is 39.1 Å². The lowest BCUT2D eigenvalue weighted by Gasteiger charge is -2.29. The first kappa shape index (κ1) is 12.8. The summed E-state index contributed by atoms with van der Waals surface area (Å²) in [6.45, 7) is 1.86. The monoisotopic (exact) mass is 291 g/mol. The largest absolute Gasteiger partial charge is 0.352 e. The zero-order valence-corrected chi connectivity index (χ0v) is 12.2. The van der Waals surface area contributed by atoms with Crippen molar-refractivity contribution in [2.24, 2.45) is 0 Å². The van der Waals surface area contributed by atoms with Crippen LogP contribution in [0.4, 0.5) is 5.82 Å². The molecule has 1 aromatic heterocycles. The number of nitrogens with zero attached hydrogens (tertiary/aromatic N) is 3. The molecular weight excluding hydrogens is 278 g/mol. The van der Waals surface area contributed by atoms with Crippen molar-refractivity contribution in [1.29, 1.82) is 0 Å². The van der Waals surface area contributed by atoms with Crippen molar-refractivity contribution in [3.05, 3.63) is 46.6 Å². The normalized spacial score (nSPS) is 14.3. The quantitative estimate of drug-likeness (QED) is 0.482. The minimum atomic E-state index is 0.508. The van der Waals surface area contributed by atoms with Gasteiger partial charge in [0.1, 0.15) is 11.0 Å². The number of thioether (sulfide) groups is 1. The standard InChI is InChI=1S/C14H14ClN3S/c1-19-14-16-12(15)8-13(17-14)18-7-6-10-4-2-3-5-11(10)9-18/h2-5,8H,6-7,9H2,1H3. The maximum atomic E-state index is 6.06. The van der Waals surface area contributed by atoms with Crippen molar-refractivity contribution >= 4 is 29.2 Å². The highest BCUT2D eigenvalue weighted by Crippen LogP contribution is 2.26. The Morgan fingerprint density at radius 2 is 2.00 bits per heavy atom. The molecule has 3 rings (SSSR count). The summed E-state index contributed by atoms with van der Waals surface area (Å²) in [6.07, 6.45) is 3.01. The fourth-order valence-electron chi connectivity index (χ4n) is 2.33. The lowest BCUT2D eigenvalue weighted by Crippen LogP contribution is -2.31. The third-order valence-corrected chi connectivity index (χ3v) is 4.04. The van der Waals surface area contributed by atoms with Gasteiger partial charge in [0.25, 0.3) is 0 Å². The molecule has 98 valence electrons. The van der Waals surface area contributed by atoms with Gasteiger partial charge < -0.3 is 4.90 Å². The van der Waals surface area contributed by atoms with Crippen molar-refractivity contribution < 1.29 is 0 Å². The van der Waals surface area contributed by atoms with Crippen molar-refractivity contribution in [3.63, 3.8) is 0 Å². The molecule has 2 aromatic rings. The third-order valence-electron chi connectivity index (χ3n) is 3.30. The first-order valence-electron chi connectivity index (χ1n) is 6.16. The van der Waals surface area contributed by atoms with Gasteiger partial charge in [-0.2, -0.15) is 0 Å². The molecule has 0 spiro atoms. The van der Waals surface area contributed by atoms with E-state index in [4.69, 9.17) is 11.6 Å². The summed E-state index contributed by atoms with van der Waals surface area (Å²) in [6, 6.07) is 10.4. The summed E-state index contributed by atoms with van der Waals surface area (Å²) in [4.78, 5) is 11.0. The lowest BCUT2D eigenvalue weighted by atomic mass is 10.00. The maximum absolute atomic E-state index is 6.06. The summed E-state index contributed by atoms with van der Waals surface area (Å²) in [5.74, 6) is 0.916. The molecule has 0 N–H and O–H groups in total. The van der Waals surface area contributed by atoms with Gasteiger partial charge in [-0.05, 0) is 23.8 Å². The van der Waals surface area contributed by atoms with E-state index in [1.54, 1.807) is 0 Å². The van der Waals surface area contributed by atoms with Gasteiger partial charge >= 0.3 is 0 Å². The molecule has 0 unspecified atom stereocenters. The van der Waals surface area contributed by atoms with E-state index in [0.29, 0.717) is 5.15 Å². The zero-order valence-electron chi connectivity index (χ0n) is 10.6. The van der Waals surface area contributed by atoms with Crippen LogP contribution in [0.2, 0.25) is 5.15 Å². The van der Waals surface area contributed by atoms with E-state index < -0.39 is 0 Å². The molecule has 0 saturated heterocycles. The van der Waals surface area contributed by atoms with Crippen molar-refractivity contribution in [1.82, 2.24) is 9.97 Å². The second-order valence-corrected chi connectivity index (χ2v) is 5.64. The second-order valence-electron chi connectivity index (χ2n) is 4.48. The SMILES string of the molecule is CSc1nc(Cl)cc(N2CCc3ccccc3C2)n1. The Labute approximate surface area is 122 Å². The van der Waals surface area contributed by atoms with Crippen LogP contribution in [-0.4, -0.2) is 22.8 Å². The second kappa shape index (κ2) is 5.39. The minimum Gasteiger partial charge on any atom is -0.352 e. The van der Waals surface area contributed by atoms with Crippen LogP contribution in [0.25, 0.3) is 0 Å². The van der Waals surface area contributed by atoms with Crippen LogP contribution in [0.5, 0.6) is 0 Å². The van der Waals surface area contributed by atoms with E-state index in [-0.39, 0.29) is 0 Å². The topological polar surface area (TPSA) is 29.0 Å². The van der Waals surface area contributed by atoms with E-state index in [1.165, 1.54) is 22.9 Å². The Bertz CT molecular complexity index is 603. The Morgan fingerprint density at radius 1 is 1.21 bits per heavy atom. The van der Waals surface area contributed by atoms with Crippen LogP contribution in [0, 0.1) is 0 Å². The molecule has 0 radical (unpaired) electrons. The fourth-order valence-corrected chi connectivity index (χ4v) is 2.93. The van der Waals surface area contributed by atoms with E-state index in [0.717, 1.165) is 30.5 Å². The van der Waals surface area contributed by atoms with Crippen LogP contribution < -0.4 is 4.90 Å². The number of fused-ring (bicyclic) bond motifs is 1. The predicted octanol–water partition coefficient (Wildman–Crippen LogP) is 3.41. The Hall–Kier alpha value is -1.26. The molecule has 19 heavy (non-hydrogen) atoms. The summed E-state index contributed by atoms with van der Waals surface area (Å²) in [7, 11) is 0. The number of aromatic nitrogens is 2. The van der Waals surface area contributed by atoms with Gasteiger partial charge in [0.05, 0.1) is 0 Å². The van der Waals surface area contributed by atoms with Crippen LogP contribution in [0.15, 0.2) is 35.5 Å². The summed E-state index contributed by atoms with van der Waals surface area (Å²) >= 11 is 7.57. The van der Waals surface area contributed by atoms with Crippen molar-refractivity contribution in [2.75, 3.05) is 17.7 Å². The van der Waals surface area contributed by atoms with E-state index >= 15 is 0 Å². The van der Waals surface area contributed by atoms with Gasteiger partial charge in [0.2, 0.25) is 0 Å². The molecule has 1 aliphatic rings. The molecule has 0 amide bonds. The van der Waals surface area contributed by atoms with Gasteiger partial charge in [-0.15, -0.1) is 0 Å². The summed E-state index contributed by atoms with van der Waals surface area (Å²) in [5.41, 5.74) is 2.80. The number of benzene rings is 1. The number of hydrogen-bond acceptors (Lipinski definition) is 4. The maximum Gasteiger partial charge on any atom is 0.190 e. The Kier molecular flexibility index (Phi) is 3.62. The Morgan fingerprint density at radius 3 is 2.79 bits per heavy atom. The minimum absolute atomic E-state index is 0.508. The van der Waals surface area contributed by atoms with Crippen LogP contribution in [0.1, 0.15) is 11.1 Å². The van der Waals surface area contributed by atoms with Gasteiger partial charge in [0.15, 0.2) is 5.16 Å². The first-order valence-corrected chi connectivity index (χ1v) is 7.77. The third kappa shape index (κ3) is 2.69. The van der Waals surface area contributed by atoms with E-state index in [9.17, 15) is 0 Å². The molecule has 0 aliphatic carbocycles. The molecule has 0 atom stereocenters. The van der Waals surface area contributed by atoms with Gasteiger partial charge in [-0.3, -0.25) is 0 Å². The highest BCUT2D eigenvalue weighted by Gasteiger charge is 2.18. The molecule has 0 bridgehead atoms. The van der Waals surface area contributed by atoms with Crippen LogP contribution in [0.3, 0.4) is 0 Å². The average molecular weight is 292 g/mol. The van der Waals surface area contributed by atoms with Gasteiger partial charge in [-0.1, -0.05) is 47.6 Å². The zero-order chi connectivity index (χ0) is 13.2. The van der Waals surface area contributed by atoms with Gasteiger partial charge in [-0.25, -0.2) is 9.97 Å². The molecule has 1 aromatic carbocycles. The van der Waals surface area contributed by atoms with Gasteiger partial charge in [0, 0.05) is 19.2 Å². The lowest BCUT2D eigenvalue weighted by molar-refractivity contribution is 0.712. The first-order chi connectivity index (χ1) is 9.26. The Balaban J connectivity index is 1.90. The van der Waals surface area contributed by atoms with Crippen molar-refractivity contribution in [2.45, 2.75) is 18.1 Å². The molecule has 0 fully saturated rings. The molecule has 2 heterocycles. The molecule has 5 heteroatoms. The molecule has 3 nitrogen and oxygen atoms in total. The molecular formula is C14H14ClN3S. The molecule has 0 saturated carbocycles. The number of anilines is 1. The number of halogens is 1. The smallest absolute Gasteiger partial charge is 0.190 e. The average Bonchev–Trinajstić information content (AvgIpc) is 2.46. The number of hydrogen-bond donors (Lipinski definition) is 0. The van der Waals surface area contributed by atoms with Crippen LogP contribution in [-0.2, 0) is 13.0 Å². The van der Waals surface area contributed by atoms with Crippen LogP contribution >= 0.6 is 23.4 Å². The summed E-state index contributed by atoms with van der Waals surface area (Å²) < 4.78 is 0. The van der Waals surface area contributed by atoms with Crippen molar-refractivity contribution in [3.8, 4) is 0 Å².